The van der Waals surface area contributed by atoms with Gasteiger partial charge in [-0.25, -0.2) is 0 Å². The Morgan fingerprint density at radius 2 is 0.880 bits per heavy atom. The van der Waals surface area contributed by atoms with E-state index in [0.29, 0.717) is 0 Å². The Hall–Kier alpha value is -1.96. The molecule has 2 rings (SSSR count). The Morgan fingerprint density at radius 3 is 1.16 bits per heavy atom. The average molecular weight is 341 g/mol. The lowest BCUT2D eigenvalue weighted by atomic mass is 10.1. The topological polar surface area (TPSA) is 18.5 Å². The SMILES string of the molecule is Cc1cc(C)c(O[C@H](C)C[C@@H](C)Oc2c(C)cc(C)cc2C)c(C)c1. The van der Waals surface area contributed by atoms with Gasteiger partial charge in [0.2, 0.25) is 0 Å². The van der Waals surface area contributed by atoms with Crippen molar-refractivity contribution >= 4 is 0 Å². The molecule has 0 spiro atoms. The quantitative estimate of drug-likeness (QED) is 0.627. The van der Waals surface area contributed by atoms with Crippen LogP contribution in [0.3, 0.4) is 0 Å². The first-order valence-corrected chi connectivity index (χ1v) is 9.16. The monoisotopic (exact) mass is 340 g/mol. The van der Waals surface area contributed by atoms with Gasteiger partial charge in [-0.15, -0.1) is 0 Å². The molecule has 0 heterocycles. The largest absolute Gasteiger partial charge is 0.490 e. The Balaban J connectivity index is 2.03. The third-order valence-corrected chi connectivity index (χ3v) is 4.51. The number of aryl methyl sites for hydroxylation is 6. The highest BCUT2D eigenvalue weighted by molar-refractivity contribution is 5.44. The summed E-state index contributed by atoms with van der Waals surface area (Å²) in [6.45, 7) is 16.9. The molecule has 0 aliphatic carbocycles. The third-order valence-electron chi connectivity index (χ3n) is 4.51. The Kier molecular flexibility index (Phi) is 6.16. The molecule has 0 saturated heterocycles. The highest BCUT2D eigenvalue weighted by atomic mass is 16.5. The van der Waals surface area contributed by atoms with Crippen molar-refractivity contribution in [3.63, 3.8) is 0 Å². The first kappa shape index (κ1) is 19.4. The first-order chi connectivity index (χ1) is 11.7. The molecule has 2 aromatic rings. The van der Waals surface area contributed by atoms with Crippen molar-refractivity contribution in [2.75, 3.05) is 0 Å². The van der Waals surface area contributed by atoms with Crippen LogP contribution in [0.2, 0.25) is 0 Å². The van der Waals surface area contributed by atoms with Gasteiger partial charge in [0, 0.05) is 6.42 Å². The van der Waals surface area contributed by atoms with E-state index < -0.39 is 0 Å². The maximum absolute atomic E-state index is 6.24. The predicted octanol–water partition coefficient (Wildman–Crippen LogP) is 6.16. The Morgan fingerprint density at radius 1 is 0.600 bits per heavy atom. The van der Waals surface area contributed by atoms with Gasteiger partial charge in [0.15, 0.2) is 0 Å². The van der Waals surface area contributed by atoms with Crippen molar-refractivity contribution in [3.8, 4) is 11.5 Å². The van der Waals surface area contributed by atoms with Crippen LogP contribution in [0.5, 0.6) is 11.5 Å². The van der Waals surface area contributed by atoms with E-state index in [4.69, 9.17) is 9.47 Å². The van der Waals surface area contributed by atoms with Crippen LogP contribution in [0.25, 0.3) is 0 Å². The van der Waals surface area contributed by atoms with Crippen LogP contribution in [0.4, 0.5) is 0 Å². The second-order valence-corrected chi connectivity index (χ2v) is 7.55. The Bertz CT molecular complexity index is 636. The first-order valence-electron chi connectivity index (χ1n) is 9.16. The molecule has 0 radical (unpaired) electrons. The molecule has 25 heavy (non-hydrogen) atoms. The van der Waals surface area contributed by atoms with Crippen molar-refractivity contribution in [1.29, 1.82) is 0 Å². The molecule has 0 amide bonds. The minimum atomic E-state index is 0.0983. The molecular formula is C23H32O2. The molecule has 0 N–H and O–H groups in total. The van der Waals surface area contributed by atoms with Gasteiger partial charge in [-0.2, -0.15) is 0 Å². The number of hydrogen-bond donors (Lipinski definition) is 0. The summed E-state index contributed by atoms with van der Waals surface area (Å²) in [5, 5.41) is 0. The third kappa shape index (κ3) is 5.01. The number of ether oxygens (including phenoxy) is 2. The summed E-state index contributed by atoms with van der Waals surface area (Å²) in [6.07, 6.45) is 1.04. The molecule has 2 aromatic carbocycles. The summed E-state index contributed by atoms with van der Waals surface area (Å²) in [5.41, 5.74) is 7.34. The van der Waals surface area contributed by atoms with Crippen molar-refractivity contribution in [1.82, 2.24) is 0 Å². The molecule has 0 bridgehead atoms. The van der Waals surface area contributed by atoms with Gasteiger partial charge in [0.25, 0.3) is 0 Å². The predicted molar refractivity (Wildman–Crippen MR) is 106 cm³/mol. The lowest BCUT2D eigenvalue weighted by Crippen LogP contribution is -2.24. The molecule has 136 valence electrons. The summed E-state index contributed by atoms with van der Waals surface area (Å²) < 4.78 is 12.5. The van der Waals surface area contributed by atoms with E-state index in [2.05, 4.69) is 79.7 Å². The molecule has 2 heteroatoms. The van der Waals surface area contributed by atoms with Crippen molar-refractivity contribution < 1.29 is 9.47 Å². The highest BCUT2D eigenvalue weighted by Crippen LogP contribution is 2.28. The second kappa shape index (κ2) is 7.95. The number of hydrogen-bond acceptors (Lipinski definition) is 2. The lowest BCUT2D eigenvalue weighted by Gasteiger charge is -2.24. The van der Waals surface area contributed by atoms with Gasteiger partial charge in [-0.05, 0) is 77.6 Å². The van der Waals surface area contributed by atoms with Gasteiger partial charge in [0.1, 0.15) is 11.5 Å². The van der Waals surface area contributed by atoms with Gasteiger partial charge < -0.3 is 9.47 Å². The number of benzene rings is 2. The Labute approximate surface area is 153 Å². The van der Waals surface area contributed by atoms with E-state index in [0.717, 1.165) is 17.9 Å². The zero-order chi connectivity index (χ0) is 18.7. The fourth-order valence-corrected chi connectivity index (χ4v) is 3.67. The molecular weight excluding hydrogens is 308 g/mol. The summed E-state index contributed by atoms with van der Waals surface area (Å²) in [7, 11) is 0. The summed E-state index contributed by atoms with van der Waals surface area (Å²) in [4.78, 5) is 0. The van der Waals surface area contributed by atoms with Crippen LogP contribution in [0.1, 0.15) is 53.6 Å². The van der Waals surface area contributed by atoms with Gasteiger partial charge in [-0.1, -0.05) is 35.4 Å². The molecule has 2 nitrogen and oxygen atoms in total. The summed E-state index contributed by atoms with van der Waals surface area (Å²) >= 11 is 0. The van der Waals surface area contributed by atoms with E-state index >= 15 is 0 Å². The van der Waals surface area contributed by atoms with E-state index in [1.165, 1.54) is 33.4 Å². The minimum Gasteiger partial charge on any atom is -0.490 e. The summed E-state index contributed by atoms with van der Waals surface area (Å²) in [5.74, 6) is 2.01. The fourth-order valence-electron chi connectivity index (χ4n) is 3.67. The van der Waals surface area contributed by atoms with Crippen LogP contribution < -0.4 is 9.47 Å². The lowest BCUT2D eigenvalue weighted by molar-refractivity contribution is 0.128. The van der Waals surface area contributed by atoms with Crippen LogP contribution in [-0.2, 0) is 0 Å². The van der Waals surface area contributed by atoms with Gasteiger partial charge in [-0.3, -0.25) is 0 Å². The van der Waals surface area contributed by atoms with Crippen LogP contribution in [0, 0.1) is 41.5 Å². The normalized spacial score (nSPS) is 13.4. The van der Waals surface area contributed by atoms with E-state index in [-0.39, 0.29) is 12.2 Å². The van der Waals surface area contributed by atoms with Gasteiger partial charge >= 0.3 is 0 Å². The van der Waals surface area contributed by atoms with Crippen LogP contribution in [-0.4, -0.2) is 12.2 Å². The smallest absolute Gasteiger partial charge is 0.125 e. The van der Waals surface area contributed by atoms with Crippen molar-refractivity contribution in [3.05, 3.63) is 57.6 Å². The zero-order valence-electron chi connectivity index (χ0n) is 17.0. The molecule has 0 aromatic heterocycles. The second-order valence-electron chi connectivity index (χ2n) is 7.55. The molecule has 0 unspecified atom stereocenters. The average Bonchev–Trinajstić information content (AvgIpc) is 2.46. The van der Waals surface area contributed by atoms with E-state index in [1.807, 2.05) is 0 Å². The molecule has 0 aliphatic rings. The zero-order valence-corrected chi connectivity index (χ0v) is 17.0. The maximum Gasteiger partial charge on any atom is 0.125 e. The fraction of sp³-hybridized carbons (Fsp3) is 0.478. The number of rotatable bonds is 6. The van der Waals surface area contributed by atoms with E-state index in [1.54, 1.807) is 0 Å². The minimum absolute atomic E-state index is 0.0983. The van der Waals surface area contributed by atoms with Crippen LogP contribution in [0.15, 0.2) is 24.3 Å². The standard InChI is InChI=1S/C23H32O2/c1-14-9-16(3)22(17(4)10-14)24-20(7)13-21(8)25-23-18(5)11-15(2)12-19(23)6/h9-12,20-21H,13H2,1-8H3/t20-,21-/m1/s1. The molecule has 2 atom stereocenters. The highest BCUT2D eigenvalue weighted by Gasteiger charge is 2.16. The molecule has 0 saturated carbocycles. The maximum atomic E-state index is 6.24. The summed E-state index contributed by atoms with van der Waals surface area (Å²) in [6, 6.07) is 8.70. The molecule has 0 aliphatic heterocycles. The van der Waals surface area contributed by atoms with E-state index in [9.17, 15) is 0 Å². The molecule has 0 fully saturated rings. The van der Waals surface area contributed by atoms with Crippen LogP contribution >= 0.6 is 0 Å². The van der Waals surface area contributed by atoms with Crippen molar-refractivity contribution in [2.24, 2.45) is 0 Å². The van der Waals surface area contributed by atoms with Crippen molar-refractivity contribution in [2.45, 2.75) is 74.0 Å². The van der Waals surface area contributed by atoms with Gasteiger partial charge in [0.05, 0.1) is 12.2 Å².